The second-order valence-corrected chi connectivity index (χ2v) is 19.5. The van der Waals surface area contributed by atoms with Gasteiger partial charge in [0, 0.05) is 32.7 Å². The van der Waals surface area contributed by atoms with E-state index in [2.05, 4.69) is 9.37 Å². The zero-order valence-corrected chi connectivity index (χ0v) is 39.5. The fourth-order valence-electron chi connectivity index (χ4n) is 7.05. The molecule has 0 saturated carbocycles. The Hall–Kier alpha value is -7.61. The van der Waals surface area contributed by atoms with Gasteiger partial charge < -0.3 is 18.9 Å². The van der Waals surface area contributed by atoms with Gasteiger partial charge in [0.25, 0.3) is 10.1 Å². The van der Waals surface area contributed by atoms with Crippen LogP contribution in [0.5, 0.6) is 34.5 Å². The maximum absolute atomic E-state index is 13.7. The minimum absolute atomic E-state index is 0.0500. The summed E-state index contributed by atoms with van der Waals surface area (Å²) in [4.78, 5) is 27.1. The summed E-state index contributed by atoms with van der Waals surface area (Å²) < 4.78 is 88.9. The first kappa shape index (κ1) is 48.8. The number of hydrogen-bond acceptors (Lipinski definition) is 14. The van der Waals surface area contributed by atoms with Gasteiger partial charge in [0.2, 0.25) is 9.84 Å². The Labute approximate surface area is 407 Å². The Morgan fingerprint density at radius 2 is 0.986 bits per heavy atom. The zero-order chi connectivity index (χ0) is 49.4. The number of aryl methyl sites for hydroxylation is 1. The molecule has 14 nitrogen and oxygen atoms in total. The highest BCUT2D eigenvalue weighted by molar-refractivity contribution is 7.94. The van der Waals surface area contributed by atoms with Crippen LogP contribution in [0.2, 0.25) is 0 Å². The van der Waals surface area contributed by atoms with Gasteiger partial charge in [-0.25, -0.2) is 13.7 Å². The minimum Gasteiger partial charge on any atom is -0.497 e. The van der Waals surface area contributed by atoms with Gasteiger partial charge in [0.1, 0.15) is 46.0 Å². The molecule has 354 valence electrons. The molecule has 0 aliphatic heterocycles. The fourth-order valence-corrected chi connectivity index (χ4v) is 9.47. The van der Waals surface area contributed by atoms with Crippen LogP contribution in [0.15, 0.2) is 202 Å². The van der Waals surface area contributed by atoms with Crippen molar-refractivity contribution in [1.82, 2.24) is 0 Å². The molecule has 8 rings (SSSR count). The maximum Gasteiger partial charge on any atom is 0.298 e. The number of ketones is 2. The van der Waals surface area contributed by atoms with Crippen LogP contribution in [0.1, 0.15) is 43.0 Å². The summed E-state index contributed by atoms with van der Waals surface area (Å²) in [5, 5.41) is 12.7. The van der Waals surface area contributed by atoms with Crippen LogP contribution in [0.25, 0.3) is 11.1 Å². The number of ether oxygens (including phenoxy) is 4. The molecule has 0 radical (unpaired) electrons. The molecule has 0 spiro atoms. The van der Waals surface area contributed by atoms with Gasteiger partial charge in [-0.1, -0.05) is 59.1 Å². The first-order valence-electron chi connectivity index (χ1n) is 21.0. The summed E-state index contributed by atoms with van der Waals surface area (Å²) in [5.41, 5.74) is 4.04. The van der Waals surface area contributed by atoms with Gasteiger partial charge in [-0.3, -0.25) is 14.1 Å². The molecule has 8 aromatic carbocycles. The largest absolute Gasteiger partial charge is 0.497 e. The summed E-state index contributed by atoms with van der Waals surface area (Å²) >= 11 is 0.586. The molecule has 2 N–H and O–H groups in total. The van der Waals surface area contributed by atoms with Crippen molar-refractivity contribution >= 4 is 43.6 Å². The maximum atomic E-state index is 13.7. The molecule has 0 bridgehead atoms. The van der Waals surface area contributed by atoms with Crippen LogP contribution >= 0.6 is 12.0 Å². The average molecular weight is 997 g/mol. The molecule has 0 aliphatic carbocycles. The molecule has 0 aromatic heterocycles. The fraction of sp³-hybridized carbons (Fsp3) is 0.0566. The van der Waals surface area contributed by atoms with E-state index in [-0.39, 0.29) is 44.8 Å². The highest BCUT2D eigenvalue weighted by Gasteiger charge is 2.23. The monoisotopic (exact) mass is 996 g/mol. The Balaban J connectivity index is 0.893. The van der Waals surface area contributed by atoms with Crippen molar-refractivity contribution in [3.8, 4) is 45.6 Å². The highest BCUT2D eigenvalue weighted by atomic mass is 32.2. The van der Waals surface area contributed by atoms with E-state index < -0.39 is 30.6 Å². The highest BCUT2D eigenvalue weighted by Crippen LogP contribution is 2.34. The van der Waals surface area contributed by atoms with Gasteiger partial charge in [-0.2, -0.15) is 8.42 Å². The second-order valence-electron chi connectivity index (χ2n) is 15.4. The molecule has 0 aliphatic rings. The molecule has 70 heavy (non-hydrogen) atoms. The number of rotatable bonds is 19. The topological polar surface area (TPSA) is 198 Å². The number of methoxy groups -OCH3 is 1. The SMILES string of the molecule is COc1ccc(-c2ccc(Oc3ccc(C(=O)c4ccc(COc5ccc(C(=O)c6ccc(Oc7ccc(S(=O)(=O)c8ccc(C)cc8)cc7)cc6)cc5)c(SOOO)c4)cc3S(=O)(=O)O)cc2)cc1. The smallest absolute Gasteiger partial charge is 0.298 e. The van der Waals surface area contributed by atoms with Crippen molar-refractivity contribution in [3.05, 3.63) is 215 Å². The summed E-state index contributed by atoms with van der Waals surface area (Å²) in [6.45, 7) is 1.83. The number of hydrogen-bond donors (Lipinski definition) is 2. The van der Waals surface area contributed by atoms with E-state index in [4.69, 9.17) is 24.2 Å². The average Bonchev–Trinajstić information content (AvgIpc) is 3.38. The lowest BCUT2D eigenvalue weighted by atomic mass is 10.0. The van der Waals surface area contributed by atoms with E-state index in [0.29, 0.717) is 56.6 Å². The van der Waals surface area contributed by atoms with Crippen molar-refractivity contribution in [2.24, 2.45) is 0 Å². The Morgan fingerprint density at radius 3 is 1.54 bits per heavy atom. The lowest BCUT2D eigenvalue weighted by Gasteiger charge is -2.13. The second kappa shape index (κ2) is 21.4. The van der Waals surface area contributed by atoms with E-state index in [1.165, 1.54) is 36.4 Å². The van der Waals surface area contributed by atoms with Crippen molar-refractivity contribution in [1.29, 1.82) is 0 Å². The standard InChI is InChI=1S/C53H40O14S3/c1-34-3-26-47(27-4-34)69(57,58)48-28-24-45(25-29-48)64-44-22-13-38(14-23-44)52(54)37-11-18-43(19-12-37)63-33-41-6-5-39(31-50(41)68-67-66-56)53(55)40-15-30-49(51(32-40)70(59,60)61)65-46-20-9-36(10-21-46)35-7-16-42(62-2)17-8-35/h3-32,56H,33H2,1-2H3,(H,59,60,61). The molecule has 0 atom stereocenters. The van der Waals surface area contributed by atoms with Crippen LogP contribution in [0.3, 0.4) is 0 Å². The van der Waals surface area contributed by atoms with Crippen molar-refractivity contribution < 1.29 is 64.6 Å². The van der Waals surface area contributed by atoms with Gasteiger partial charge in [0.05, 0.1) is 28.9 Å². The van der Waals surface area contributed by atoms with E-state index in [9.17, 15) is 31.0 Å². The normalized spacial score (nSPS) is 11.4. The summed E-state index contributed by atoms with van der Waals surface area (Å²) in [7, 11) is -6.98. The molecular weight excluding hydrogens is 957 g/mol. The number of carbonyl (C=O) groups is 2. The Kier molecular flexibility index (Phi) is 14.9. The quantitative estimate of drug-likeness (QED) is 0.0255. The van der Waals surface area contributed by atoms with Crippen LogP contribution in [0, 0.1) is 6.92 Å². The lowest BCUT2D eigenvalue weighted by molar-refractivity contribution is -0.432. The van der Waals surface area contributed by atoms with Crippen molar-refractivity contribution in [2.45, 2.75) is 33.1 Å². The molecule has 17 heteroatoms. The number of sulfone groups is 1. The van der Waals surface area contributed by atoms with E-state index >= 15 is 0 Å². The van der Waals surface area contributed by atoms with E-state index in [1.807, 2.05) is 31.2 Å². The molecule has 0 saturated heterocycles. The molecular formula is C53H40O14S3. The number of benzene rings is 8. The molecule has 0 unspecified atom stereocenters. The third-order valence-corrected chi connectivity index (χ3v) is 14.2. The first-order valence-corrected chi connectivity index (χ1v) is 24.7. The predicted octanol–water partition coefficient (Wildman–Crippen LogP) is 11.8. The van der Waals surface area contributed by atoms with Crippen LogP contribution < -0.4 is 18.9 Å². The van der Waals surface area contributed by atoms with Crippen molar-refractivity contribution in [2.75, 3.05) is 7.11 Å². The minimum atomic E-state index is -4.87. The number of carbonyl (C=O) groups excluding carboxylic acids is 2. The zero-order valence-electron chi connectivity index (χ0n) is 37.0. The van der Waals surface area contributed by atoms with Gasteiger partial charge in [-0.15, -0.1) is 4.33 Å². The van der Waals surface area contributed by atoms with Gasteiger partial charge in [0.15, 0.2) is 11.6 Å². The Bertz CT molecular complexity index is 3380. The van der Waals surface area contributed by atoms with E-state index in [0.717, 1.165) is 22.8 Å². The third kappa shape index (κ3) is 11.6. The van der Waals surface area contributed by atoms with Crippen LogP contribution in [0.4, 0.5) is 0 Å². The molecule has 0 fully saturated rings. The predicted molar refractivity (Wildman–Crippen MR) is 259 cm³/mol. The Morgan fingerprint density at radius 1 is 0.529 bits per heavy atom. The summed E-state index contributed by atoms with van der Waals surface area (Å²) in [6, 6.07) is 48.1. The van der Waals surface area contributed by atoms with Crippen molar-refractivity contribution in [3.63, 3.8) is 0 Å². The van der Waals surface area contributed by atoms with Crippen LogP contribution in [-0.4, -0.2) is 45.3 Å². The molecule has 0 amide bonds. The molecule has 0 heterocycles. The lowest BCUT2D eigenvalue weighted by Crippen LogP contribution is -2.07. The molecule has 8 aromatic rings. The van der Waals surface area contributed by atoms with Crippen LogP contribution in [-0.2, 0) is 35.9 Å². The summed E-state index contributed by atoms with van der Waals surface area (Å²) in [5.74, 6) is 1.17. The van der Waals surface area contributed by atoms with Gasteiger partial charge >= 0.3 is 0 Å². The van der Waals surface area contributed by atoms with E-state index in [1.54, 1.807) is 122 Å². The first-order chi connectivity index (χ1) is 33.7. The third-order valence-electron chi connectivity index (χ3n) is 10.8. The van der Waals surface area contributed by atoms with Gasteiger partial charge in [-0.05, 0) is 152 Å². The summed E-state index contributed by atoms with van der Waals surface area (Å²) in [6.07, 6.45) is 0.